The number of rotatable bonds is 5. The van der Waals surface area contributed by atoms with Gasteiger partial charge in [-0.3, -0.25) is 4.79 Å². The lowest BCUT2D eigenvalue weighted by Crippen LogP contribution is -2.17. The van der Waals surface area contributed by atoms with Crippen LogP contribution in [0.5, 0.6) is 0 Å². The predicted octanol–water partition coefficient (Wildman–Crippen LogP) is -0.109. The van der Waals surface area contributed by atoms with Crippen molar-refractivity contribution in [3.8, 4) is 0 Å². The first-order chi connectivity index (χ1) is 8.34. The fourth-order valence-corrected chi connectivity index (χ4v) is 1.95. The molecule has 0 radical (unpaired) electrons. The van der Waals surface area contributed by atoms with Gasteiger partial charge in [0.1, 0.15) is 11.4 Å². The van der Waals surface area contributed by atoms with Gasteiger partial charge >= 0.3 is 5.97 Å². The lowest BCUT2D eigenvalue weighted by molar-refractivity contribution is -0.140. The Hall–Kier alpha value is -1.80. The third-order valence-electron chi connectivity index (χ3n) is 2.06. The number of benzene rings is 1. The summed E-state index contributed by atoms with van der Waals surface area (Å²) < 4.78 is 27.0. The average molecular weight is 273 g/mol. The molecular formula is C10H15N3O4S. The molecule has 18 heavy (non-hydrogen) atoms. The van der Waals surface area contributed by atoms with Gasteiger partial charge in [0.05, 0.1) is 12.3 Å². The normalized spacial score (nSPS) is 11.0. The third-order valence-corrected chi connectivity index (χ3v) is 3.04. The number of sulfonamides is 1. The monoisotopic (exact) mass is 273 g/mol. The summed E-state index contributed by atoms with van der Waals surface area (Å²) in [4.78, 5) is 10.9. The number of anilines is 2. The molecule has 0 saturated heterocycles. The zero-order valence-electron chi connectivity index (χ0n) is 9.84. The van der Waals surface area contributed by atoms with Crippen LogP contribution in [-0.4, -0.2) is 27.5 Å². The van der Waals surface area contributed by atoms with E-state index in [1.54, 1.807) is 6.92 Å². The summed E-state index contributed by atoms with van der Waals surface area (Å²) >= 11 is 0. The second-order valence-electron chi connectivity index (χ2n) is 3.46. The molecule has 0 spiro atoms. The summed E-state index contributed by atoms with van der Waals surface area (Å²) in [5, 5.41) is 7.73. The van der Waals surface area contributed by atoms with Crippen molar-refractivity contribution in [3.63, 3.8) is 0 Å². The Morgan fingerprint density at radius 1 is 1.44 bits per heavy atom. The Morgan fingerprint density at radius 2 is 2.11 bits per heavy atom. The second-order valence-corrected chi connectivity index (χ2v) is 4.99. The molecule has 0 unspecified atom stereocenters. The maximum absolute atomic E-state index is 11.1. The molecule has 0 atom stereocenters. The van der Waals surface area contributed by atoms with Crippen molar-refractivity contribution in [2.45, 2.75) is 11.8 Å². The first kappa shape index (κ1) is 14.3. The van der Waals surface area contributed by atoms with E-state index in [1.165, 1.54) is 18.2 Å². The lowest BCUT2D eigenvalue weighted by atomic mass is 10.3. The number of nitrogens with one attached hydrogen (secondary N) is 1. The number of carbonyl (C=O) groups excluding carboxylic acids is 1. The molecule has 1 aromatic carbocycles. The van der Waals surface area contributed by atoms with E-state index < -0.39 is 16.0 Å². The van der Waals surface area contributed by atoms with E-state index in [1.807, 2.05) is 0 Å². The molecule has 0 aliphatic rings. The van der Waals surface area contributed by atoms with Gasteiger partial charge in [0.25, 0.3) is 0 Å². The molecule has 8 heteroatoms. The van der Waals surface area contributed by atoms with Crippen LogP contribution in [0.15, 0.2) is 23.1 Å². The lowest BCUT2D eigenvalue weighted by Gasteiger charge is -2.08. The quantitative estimate of drug-likeness (QED) is 0.508. The Labute approximate surface area is 105 Å². The Kier molecular flexibility index (Phi) is 4.51. The molecule has 0 amide bonds. The molecule has 1 aromatic rings. The van der Waals surface area contributed by atoms with Gasteiger partial charge in [0, 0.05) is 5.69 Å². The average Bonchev–Trinajstić information content (AvgIpc) is 2.25. The van der Waals surface area contributed by atoms with E-state index in [2.05, 4.69) is 5.32 Å². The van der Waals surface area contributed by atoms with E-state index in [9.17, 15) is 13.2 Å². The van der Waals surface area contributed by atoms with Crippen LogP contribution in [0.1, 0.15) is 6.92 Å². The number of nitrogen functional groups attached to an aromatic ring is 1. The Morgan fingerprint density at radius 3 is 2.61 bits per heavy atom. The summed E-state index contributed by atoms with van der Waals surface area (Å²) in [6, 6.07) is 4.13. The minimum atomic E-state index is -3.83. The smallest absolute Gasteiger partial charge is 0.325 e. The van der Waals surface area contributed by atoms with E-state index in [-0.39, 0.29) is 17.1 Å². The summed E-state index contributed by atoms with van der Waals surface area (Å²) in [7, 11) is -3.83. The molecule has 0 heterocycles. The number of nitrogens with two attached hydrogens (primary N) is 2. The minimum absolute atomic E-state index is 0.0198. The maximum Gasteiger partial charge on any atom is 0.325 e. The first-order valence-corrected chi connectivity index (χ1v) is 6.71. The molecule has 5 N–H and O–H groups in total. The number of carbonyl (C=O) groups is 1. The van der Waals surface area contributed by atoms with Crippen LogP contribution in [0.4, 0.5) is 11.4 Å². The van der Waals surface area contributed by atoms with Crippen molar-refractivity contribution in [2.75, 3.05) is 24.2 Å². The highest BCUT2D eigenvalue weighted by Crippen LogP contribution is 2.21. The van der Waals surface area contributed by atoms with Gasteiger partial charge in [-0.1, -0.05) is 0 Å². The van der Waals surface area contributed by atoms with Crippen LogP contribution in [-0.2, 0) is 19.6 Å². The minimum Gasteiger partial charge on any atom is -0.465 e. The molecule has 0 bridgehead atoms. The summed E-state index contributed by atoms with van der Waals surface area (Å²) in [6.45, 7) is 1.98. The highest BCUT2D eigenvalue weighted by Gasteiger charge is 2.12. The van der Waals surface area contributed by atoms with Crippen LogP contribution >= 0.6 is 0 Å². The number of primary sulfonamides is 1. The van der Waals surface area contributed by atoms with Gasteiger partial charge in [-0.05, 0) is 25.1 Å². The largest absolute Gasteiger partial charge is 0.465 e. The molecule has 0 fully saturated rings. The van der Waals surface area contributed by atoms with Crippen molar-refractivity contribution in [3.05, 3.63) is 18.2 Å². The van der Waals surface area contributed by atoms with Gasteiger partial charge in [-0.15, -0.1) is 0 Å². The van der Waals surface area contributed by atoms with E-state index in [0.717, 1.165) is 0 Å². The number of ether oxygens (including phenoxy) is 1. The molecule has 100 valence electrons. The van der Waals surface area contributed by atoms with Crippen LogP contribution in [0, 0.1) is 0 Å². The van der Waals surface area contributed by atoms with Crippen LogP contribution in [0.25, 0.3) is 0 Å². The summed E-state index contributed by atoms with van der Waals surface area (Å²) in [6.07, 6.45) is 0. The number of esters is 1. The standard InChI is InChI=1S/C10H15N3O4S/c1-2-17-10(14)6-13-7-3-4-9(8(11)5-7)18(12,15)16/h3-5,13H,2,6,11H2,1H3,(H2,12,15,16). The number of hydrogen-bond acceptors (Lipinski definition) is 6. The van der Waals surface area contributed by atoms with Crippen LogP contribution in [0.2, 0.25) is 0 Å². The van der Waals surface area contributed by atoms with Crippen LogP contribution < -0.4 is 16.2 Å². The highest BCUT2D eigenvalue weighted by molar-refractivity contribution is 7.89. The summed E-state index contributed by atoms with van der Waals surface area (Å²) in [5.74, 6) is -0.411. The van der Waals surface area contributed by atoms with Gasteiger partial charge in [0.15, 0.2) is 0 Å². The topological polar surface area (TPSA) is 125 Å². The molecule has 7 nitrogen and oxygen atoms in total. The van der Waals surface area contributed by atoms with Crippen molar-refractivity contribution in [2.24, 2.45) is 5.14 Å². The fraction of sp³-hybridized carbons (Fsp3) is 0.300. The van der Waals surface area contributed by atoms with E-state index in [4.69, 9.17) is 15.6 Å². The third kappa shape index (κ3) is 3.90. The predicted molar refractivity (Wildman–Crippen MR) is 67.4 cm³/mol. The molecular weight excluding hydrogens is 258 g/mol. The highest BCUT2D eigenvalue weighted by atomic mass is 32.2. The van der Waals surface area contributed by atoms with Crippen molar-refractivity contribution < 1.29 is 17.9 Å². The molecule has 0 saturated carbocycles. The zero-order chi connectivity index (χ0) is 13.8. The molecule has 0 aliphatic carbocycles. The van der Waals surface area contributed by atoms with Crippen molar-refractivity contribution in [1.29, 1.82) is 0 Å². The fourth-order valence-electron chi connectivity index (χ4n) is 1.30. The Bertz CT molecular complexity index is 542. The van der Waals surface area contributed by atoms with Crippen molar-refractivity contribution in [1.82, 2.24) is 0 Å². The molecule has 0 aliphatic heterocycles. The van der Waals surface area contributed by atoms with Gasteiger partial charge < -0.3 is 15.8 Å². The van der Waals surface area contributed by atoms with E-state index >= 15 is 0 Å². The molecule has 1 rings (SSSR count). The Balaban J connectivity index is 2.77. The van der Waals surface area contributed by atoms with Crippen molar-refractivity contribution >= 4 is 27.4 Å². The van der Waals surface area contributed by atoms with Gasteiger partial charge in [0.2, 0.25) is 10.0 Å². The molecule has 0 aromatic heterocycles. The van der Waals surface area contributed by atoms with Crippen LogP contribution in [0.3, 0.4) is 0 Å². The SMILES string of the molecule is CCOC(=O)CNc1ccc(S(N)(=O)=O)c(N)c1. The van der Waals surface area contributed by atoms with Gasteiger partial charge in [-0.25, -0.2) is 13.6 Å². The van der Waals surface area contributed by atoms with Gasteiger partial charge in [-0.2, -0.15) is 0 Å². The second kappa shape index (κ2) is 5.69. The first-order valence-electron chi connectivity index (χ1n) is 5.16. The maximum atomic E-state index is 11.1. The van der Waals surface area contributed by atoms with E-state index in [0.29, 0.717) is 12.3 Å². The zero-order valence-corrected chi connectivity index (χ0v) is 10.7. The number of hydrogen-bond donors (Lipinski definition) is 3. The summed E-state index contributed by atoms with van der Waals surface area (Å²) in [5.41, 5.74) is 6.08.